The lowest BCUT2D eigenvalue weighted by Gasteiger charge is -2.25. The van der Waals surface area contributed by atoms with E-state index in [0.29, 0.717) is 18.0 Å². The van der Waals surface area contributed by atoms with Gasteiger partial charge in [-0.3, -0.25) is 14.5 Å². The zero-order chi connectivity index (χ0) is 16.8. The summed E-state index contributed by atoms with van der Waals surface area (Å²) in [5, 5.41) is 9.56. The van der Waals surface area contributed by atoms with Gasteiger partial charge in [-0.1, -0.05) is 23.7 Å². The van der Waals surface area contributed by atoms with Crippen molar-refractivity contribution in [2.45, 2.75) is 31.7 Å². The maximum atomic E-state index is 12.4. The first-order valence-electron chi connectivity index (χ1n) is 7.90. The number of carbonyl (C=O) groups excluding carboxylic acids is 1. The normalized spacial score (nSPS) is 18.7. The van der Waals surface area contributed by atoms with Crippen LogP contribution in [0, 0.1) is 0 Å². The minimum absolute atomic E-state index is 0.0450. The molecule has 1 amide bonds. The fourth-order valence-electron chi connectivity index (χ4n) is 3.00. The Kier molecular flexibility index (Phi) is 6.42. The molecule has 23 heavy (non-hydrogen) atoms. The number of likely N-dealkylation sites (N-methyl/N-ethyl adjacent to an activating group) is 1. The van der Waals surface area contributed by atoms with Crippen molar-refractivity contribution >= 4 is 23.5 Å². The van der Waals surface area contributed by atoms with Gasteiger partial charge in [-0.15, -0.1) is 0 Å². The molecule has 1 heterocycles. The number of aliphatic carboxylic acids is 1. The second-order valence-corrected chi connectivity index (χ2v) is 6.51. The molecule has 1 fully saturated rings. The zero-order valence-corrected chi connectivity index (χ0v) is 14.1. The lowest BCUT2D eigenvalue weighted by atomic mass is 10.1. The van der Waals surface area contributed by atoms with E-state index in [1.54, 1.807) is 12.1 Å². The molecule has 5 nitrogen and oxygen atoms in total. The molecule has 0 radical (unpaired) electrons. The fraction of sp³-hybridized carbons (Fsp3) is 0.529. The Bertz CT molecular complexity index is 547. The number of likely N-dealkylation sites (tertiary alicyclic amines) is 1. The Morgan fingerprint density at radius 2 is 1.96 bits per heavy atom. The summed E-state index contributed by atoms with van der Waals surface area (Å²) < 4.78 is 0. The van der Waals surface area contributed by atoms with Gasteiger partial charge in [0, 0.05) is 24.2 Å². The van der Waals surface area contributed by atoms with Crippen molar-refractivity contribution in [3.8, 4) is 0 Å². The maximum absolute atomic E-state index is 12.4. The van der Waals surface area contributed by atoms with Crippen LogP contribution in [-0.2, 0) is 16.0 Å². The Morgan fingerprint density at radius 1 is 1.26 bits per heavy atom. The summed E-state index contributed by atoms with van der Waals surface area (Å²) in [6.07, 6.45) is 3.03. The van der Waals surface area contributed by atoms with Gasteiger partial charge in [0.25, 0.3) is 0 Å². The molecular weight excluding hydrogens is 316 g/mol. The number of hydrogen-bond donors (Lipinski definition) is 1. The molecule has 2 rings (SSSR count). The van der Waals surface area contributed by atoms with Crippen LogP contribution in [0.25, 0.3) is 0 Å². The highest BCUT2D eigenvalue weighted by Crippen LogP contribution is 2.17. The first kappa shape index (κ1) is 17.8. The van der Waals surface area contributed by atoms with Gasteiger partial charge in [0.1, 0.15) is 0 Å². The number of nitrogens with zero attached hydrogens (tertiary/aromatic N) is 2. The fourth-order valence-corrected chi connectivity index (χ4v) is 3.13. The third kappa shape index (κ3) is 5.52. The molecule has 1 aliphatic rings. The van der Waals surface area contributed by atoms with Crippen LogP contribution in [0.1, 0.15) is 24.8 Å². The van der Waals surface area contributed by atoms with Crippen molar-refractivity contribution in [2.75, 3.05) is 26.7 Å². The molecule has 1 aromatic rings. The topological polar surface area (TPSA) is 60.9 Å². The maximum Gasteiger partial charge on any atom is 0.317 e. The molecule has 1 aromatic carbocycles. The van der Waals surface area contributed by atoms with Crippen molar-refractivity contribution < 1.29 is 14.7 Å². The Labute approximate surface area is 141 Å². The number of halogens is 1. The van der Waals surface area contributed by atoms with E-state index in [-0.39, 0.29) is 18.5 Å². The van der Waals surface area contributed by atoms with Gasteiger partial charge >= 0.3 is 5.97 Å². The molecule has 6 heteroatoms. The molecule has 0 saturated carbocycles. The second kappa shape index (κ2) is 8.31. The van der Waals surface area contributed by atoms with Crippen molar-refractivity contribution in [3.63, 3.8) is 0 Å². The predicted molar refractivity (Wildman–Crippen MR) is 89.6 cm³/mol. The first-order valence-corrected chi connectivity index (χ1v) is 8.28. The van der Waals surface area contributed by atoms with E-state index in [2.05, 4.69) is 0 Å². The summed E-state index contributed by atoms with van der Waals surface area (Å²) in [5.74, 6) is -0.693. The minimum atomic E-state index is -0.813. The van der Waals surface area contributed by atoms with Gasteiger partial charge in [-0.25, -0.2) is 0 Å². The van der Waals surface area contributed by atoms with Crippen LogP contribution in [-0.4, -0.2) is 59.5 Å². The molecule has 126 valence electrons. The highest BCUT2D eigenvalue weighted by Gasteiger charge is 2.23. The number of carboxylic acid groups (broad SMARTS) is 1. The van der Waals surface area contributed by atoms with Crippen LogP contribution >= 0.6 is 11.6 Å². The number of hydrogen-bond acceptors (Lipinski definition) is 3. The number of carbonyl (C=O) groups is 2. The van der Waals surface area contributed by atoms with Crippen molar-refractivity contribution in [3.05, 3.63) is 34.9 Å². The lowest BCUT2D eigenvalue weighted by Crippen LogP contribution is -2.37. The van der Waals surface area contributed by atoms with E-state index in [0.717, 1.165) is 31.4 Å². The van der Waals surface area contributed by atoms with E-state index < -0.39 is 5.97 Å². The highest BCUT2D eigenvalue weighted by atomic mass is 35.5. The largest absolute Gasteiger partial charge is 0.480 e. The first-order chi connectivity index (χ1) is 11.0. The molecule has 1 aliphatic heterocycles. The van der Waals surface area contributed by atoms with Crippen LogP contribution in [0.3, 0.4) is 0 Å². The van der Waals surface area contributed by atoms with Gasteiger partial charge in [0.15, 0.2) is 0 Å². The standard InChI is InChI=1S/C17H23ClN2O3/c1-19(12-17(22)23)15-3-2-9-20(10-8-15)16(21)11-13-4-6-14(18)7-5-13/h4-7,15H,2-3,8-12H2,1H3,(H,22,23)/t15-/m1/s1. The average Bonchev–Trinajstić information content (AvgIpc) is 2.75. The van der Waals surface area contributed by atoms with E-state index >= 15 is 0 Å². The third-order valence-corrected chi connectivity index (χ3v) is 4.58. The Hall–Kier alpha value is -1.59. The second-order valence-electron chi connectivity index (χ2n) is 6.08. The smallest absolute Gasteiger partial charge is 0.317 e. The summed E-state index contributed by atoms with van der Waals surface area (Å²) in [4.78, 5) is 27.0. The molecule has 1 saturated heterocycles. The van der Waals surface area contributed by atoms with E-state index in [4.69, 9.17) is 16.7 Å². The highest BCUT2D eigenvalue weighted by molar-refractivity contribution is 6.30. The van der Waals surface area contributed by atoms with E-state index in [1.165, 1.54) is 0 Å². The average molecular weight is 339 g/mol. The molecule has 1 atom stereocenters. The van der Waals surface area contributed by atoms with Gasteiger partial charge in [0.2, 0.25) is 5.91 Å². The van der Waals surface area contributed by atoms with Gasteiger partial charge in [0.05, 0.1) is 13.0 Å². The summed E-state index contributed by atoms with van der Waals surface area (Å²) in [6, 6.07) is 7.56. The van der Waals surface area contributed by atoms with Crippen LogP contribution in [0.15, 0.2) is 24.3 Å². The Morgan fingerprint density at radius 3 is 2.61 bits per heavy atom. The lowest BCUT2D eigenvalue weighted by molar-refractivity contribution is -0.138. The summed E-state index contributed by atoms with van der Waals surface area (Å²) >= 11 is 5.86. The summed E-state index contributed by atoms with van der Waals surface area (Å²) in [6.45, 7) is 1.47. The summed E-state index contributed by atoms with van der Waals surface area (Å²) in [7, 11) is 1.84. The molecule has 0 spiro atoms. The number of benzene rings is 1. The van der Waals surface area contributed by atoms with Crippen LogP contribution in [0.2, 0.25) is 5.02 Å². The van der Waals surface area contributed by atoms with Gasteiger partial charge in [-0.2, -0.15) is 0 Å². The van der Waals surface area contributed by atoms with Crippen molar-refractivity contribution in [2.24, 2.45) is 0 Å². The van der Waals surface area contributed by atoms with Crippen LogP contribution in [0.5, 0.6) is 0 Å². The molecule has 0 aromatic heterocycles. The zero-order valence-electron chi connectivity index (χ0n) is 13.4. The molecule has 0 unspecified atom stereocenters. The van der Waals surface area contributed by atoms with Gasteiger partial charge < -0.3 is 10.0 Å². The number of rotatable bonds is 5. The predicted octanol–water partition coefficient (Wildman–Crippen LogP) is 2.28. The molecule has 0 aliphatic carbocycles. The monoisotopic (exact) mass is 338 g/mol. The Balaban J connectivity index is 1.88. The van der Waals surface area contributed by atoms with Crippen LogP contribution < -0.4 is 0 Å². The minimum Gasteiger partial charge on any atom is -0.480 e. The third-order valence-electron chi connectivity index (χ3n) is 4.33. The van der Waals surface area contributed by atoms with Gasteiger partial charge in [-0.05, 0) is 44.0 Å². The SMILES string of the molecule is CN(CC(=O)O)[C@@H]1CCCN(C(=O)Cc2ccc(Cl)cc2)CC1. The quantitative estimate of drug-likeness (QED) is 0.894. The molecule has 1 N–H and O–H groups in total. The molecule has 0 bridgehead atoms. The van der Waals surface area contributed by atoms with E-state index in [9.17, 15) is 9.59 Å². The van der Waals surface area contributed by atoms with Crippen molar-refractivity contribution in [1.82, 2.24) is 9.80 Å². The molecular formula is C17H23ClN2O3. The summed E-state index contributed by atoms with van der Waals surface area (Å²) in [5.41, 5.74) is 0.961. The van der Waals surface area contributed by atoms with Crippen LogP contribution in [0.4, 0.5) is 0 Å². The number of amides is 1. The van der Waals surface area contributed by atoms with E-state index in [1.807, 2.05) is 29.0 Å². The van der Waals surface area contributed by atoms with Crippen molar-refractivity contribution in [1.29, 1.82) is 0 Å². The number of carboxylic acids is 1.